The summed E-state index contributed by atoms with van der Waals surface area (Å²) < 4.78 is 6.19. The van der Waals surface area contributed by atoms with Crippen molar-refractivity contribution in [3.05, 3.63) is 108 Å². The predicted octanol–water partition coefficient (Wildman–Crippen LogP) is 5.38. The van der Waals surface area contributed by atoms with Gasteiger partial charge in [0.15, 0.2) is 0 Å². The second kappa shape index (κ2) is 10.6. The lowest BCUT2D eigenvalue weighted by Crippen LogP contribution is -2.54. The van der Waals surface area contributed by atoms with Gasteiger partial charge in [-0.15, -0.1) is 24.8 Å². The number of likely N-dealkylation sites (N-methyl/N-ethyl adjacent to an activating group) is 1. The van der Waals surface area contributed by atoms with Gasteiger partial charge in [0.05, 0.1) is 11.0 Å². The molecule has 3 aromatic rings. The summed E-state index contributed by atoms with van der Waals surface area (Å²) in [7, 11) is 2.09. The van der Waals surface area contributed by atoms with Gasteiger partial charge in [-0.2, -0.15) is 0 Å². The number of hydrogen-bond donors (Lipinski definition) is 0. The maximum absolute atomic E-state index is 12.9. The Kier molecular flexibility index (Phi) is 8.48. The molecule has 0 saturated carbocycles. The van der Waals surface area contributed by atoms with Crippen LogP contribution in [0.3, 0.4) is 0 Å². The van der Waals surface area contributed by atoms with E-state index >= 15 is 0 Å². The maximum Gasteiger partial charge on any atom is 0.338 e. The standard InChI is InChI=1S/C25H25NO2.2ClH/c1-26-18-17-25(21-13-7-3-8-14-21,22-15-9-4-10-16-22)23(19-26)28-24(27)20-11-5-2-6-12-20;;/h2-16,23H,17-19H2,1H3;2*1H. The zero-order valence-corrected chi connectivity index (χ0v) is 18.6. The molecule has 158 valence electrons. The predicted molar refractivity (Wildman–Crippen MR) is 126 cm³/mol. The van der Waals surface area contributed by atoms with Gasteiger partial charge in [0.25, 0.3) is 0 Å². The van der Waals surface area contributed by atoms with Crippen LogP contribution in [0.15, 0.2) is 91.0 Å². The molecule has 3 nitrogen and oxygen atoms in total. The van der Waals surface area contributed by atoms with E-state index in [1.54, 1.807) is 0 Å². The SMILES string of the molecule is CN1CCC(c2ccccc2)(c2ccccc2)C(OC(=O)c2ccccc2)C1.Cl.Cl. The second-order valence-corrected chi connectivity index (χ2v) is 7.48. The van der Waals surface area contributed by atoms with E-state index in [-0.39, 0.29) is 42.3 Å². The van der Waals surface area contributed by atoms with Crippen molar-refractivity contribution in [2.24, 2.45) is 0 Å². The normalized spacial score (nSPS) is 17.8. The summed E-state index contributed by atoms with van der Waals surface area (Å²) in [5.74, 6) is -0.267. The van der Waals surface area contributed by atoms with Gasteiger partial charge in [-0.1, -0.05) is 78.9 Å². The Bertz CT molecular complexity index is 880. The van der Waals surface area contributed by atoms with Crippen LogP contribution >= 0.6 is 24.8 Å². The third kappa shape index (κ3) is 4.70. The lowest BCUT2D eigenvalue weighted by Gasteiger charge is -2.47. The quantitative estimate of drug-likeness (QED) is 0.507. The van der Waals surface area contributed by atoms with Gasteiger partial charge in [0.1, 0.15) is 6.10 Å². The van der Waals surface area contributed by atoms with Crippen molar-refractivity contribution in [3.63, 3.8) is 0 Å². The van der Waals surface area contributed by atoms with E-state index in [0.717, 1.165) is 13.0 Å². The van der Waals surface area contributed by atoms with Crippen LogP contribution in [0, 0.1) is 0 Å². The molecule has 0 spiro atoms. The van der Waals surface area contributed by atoms with E-state index in [4.69, 9.17) is 4.74 Å². The minimum absolute atomic E-state index is 0. The van der Waals surface area contributed by atoms with E-state index in [2.05, 4.69) is 60.5 Å². The third-order valence-corrected chi connectivity index (χ3v) is 5.75. The van der Waals surface area contributed by atoms with E-state index in [1.165, 1.54) is 11.1 Å². The molecule has 1 aliphatic heterocycles. The molecule has 0 radical (unpaired) electrons. The zero-order valence-electron chi connectivity index (χ0n) is 16.9. The number of esters is 1. The molecule has 1 fully saturated rings. The average molecular weight is 444 g/mol. The molecule has 30 heavy (non-hydrogen) atoms. The third-order valence-electron chi connectivity index (χ3n) is 5.75. The fourth-order valence-electron chi connectivity index (χ4n) is 4.27. The van der Waals surface area contributed by atoms with Crippen LogP contribution in [0.1, 0.15) is 27.9 Å². The number of likely N-dealkylation sites (tertiary alicyclic amines) is 1. The van der Waals surface area contributed by atoms with Gasteiger partial charge in [-0.3, -0.25) is 0 Å². The van der Waals surface area contributed by atoms with E-state index in [1.807, 2.05) is 42.5 Å². The van der Waals surface area contributed by atoms with Gasteiger partial charge >= 0.3 is 5.97 Å². The Labute approximate surface area is 190 Å². The van der Waals surface area contributed by atoms with Crippen molar-refractivity contribution in [1.29, 1.82) is 0 Å². The molecule has 1 unspecified atom stereocenters. The first-order chi connectivity index (χ1) is 13.7. The van der Waals surface area contributed by atoms with E-state index < -0.39 is 0 Å². The minimum Gasteiger partial charge on any atom is -0.456 e. The summed E-state index contributed by atoms with van der Waals surface area (Å²) in [5, 5.41) is 0. The van der Waals surface area contributed by atoms with Gasteiger partial charge < -0.3 is 9.64 Å². The van der Waals surface area contributed by atoms with Crippen molar-refractivity contribution in [2.75, 3.05) is 20.1 Å². The number of rotatable bonds is 4. The molecule has 0 aromatic heterocycles. The number of halogens is 2. The molecule has 1 aliphatic rings. The molecule has 1 heterocycles. The molecule has 0 aliphatic carbocycles. The fourth-order valence-corrected chi connectivity index (χ4v) is 4.27. The van der Waals surface area contributed by atoms with Crippen molar-refractivity contribution in [3.8, 4) is 0 Å². The molecule has 5 heteroatoms. The zero-order chi connectivity index (χ0) is 19.4. The second-order valence-electron chi connectivity index (χ2n) is 7.48. The van der Waals surface area contributed by atoms with Gasteiger partial charge in [-0.25, -0.2) is 4.79 Å². The molecule has 0 N–H and O–H groups in total. The van der Waals surface area contributed by atoms with Crippen LogP contribution in [0.5, 0.6) is 0 Å². The lowest BCUT2D eigenvalue weighted by molar-refractivity contribution is -0.0161. The van der Waals surface area contributed by atoms with Gasteiger partial charge in [0.2, 0.25) is 0 Å². The lowest BCUT2D eigenvalue weighted by atomic mass is 9.66. The molecule has 4 rings (SSSR count). The van der Waals surface area contributed by atoms with Gasteiger partial charge in [0, 0.05) is 6.54 Å². The number of carbonyl (C=O) groups is 1. The van der Waals surface area contributed by atoms with Crippen molar-refractivity contribution < 1.29 is 9.53 Å². The van der Waals surface area contributed by atoms with Crippen molar-refractivity contribution in [2.45, 2.75) is 17.9 Å². The summed E-state index contributed by atoms with van der Waals surface area (Å²) in [5.41, 5.74) is 2.62. The summed E-state index contributed by atoms with van der Waals surface area (Å²) in [6.45, 7) is 1.64. The number of hydrogen-bond acceptors (Lipinski definition) is 3. The Morgan fingerprint density at radius 3 is 1.80 bits per heavy atom. The largest absolute Gasteiger partial charge is 0.456 e. The van der Waals surface area contributed by atoms with Gasteiger partial charge in [-0.05, 0) is 43.3 Å². The Hall–Kier alpha value is -2.33. The Balaban J connectivity index is 0.00000160. The highest BCUT2D eigenvalue weighted by Crippen LogP contribution is 2.43. The van der Waals surface area contributed by atoms with Crippen LogP contribution < -0.4 is 0 Å². The first kappa shape index (κ1) is 23.9. The molecule has 1 atom stereocenters. The Morgan fingerprint density at radius 1 is 0.833 bits per heavy atom. The summed E-state index contributed by atoms with van der Waals surface area (Å²) in [4.78, 5) is 15.2. The highest BCUT2D eigenvalue weighted by atomic mass is 35.5. The van der Waals surface area contributed by atoms with Crippen molar-refractivity contribution in [1.82, 2.24) is 4.90 Å². The number of carbonyl (C=O) groups excluding carboxylic acids is 1. The number of benzene rings is 3. The number of ether oxygens (including phenoxy) is 1. The summed E-state index contributed by atoms with van der Waals surface area (Å²) in [6.07, 6.45) is 0.619. The highest BCUT2D eigenvalue weighted by molar-refractivity contribution is 5.89. The molecule has 3 aromatic carbocycles. The first-order valence-corrected chi connectivity index (χ1v) is 9.76. The minimum atomic E-state index is -0.362. The monoisotopic (exact) mass is 443 g/mol. The molecule has 0 amide bonds. The van der Waals surface area contributed by atoms with Crippen LogP contribution in [0.2, 0.25) is 0 Å². The fraction of sp³-hybridized carbons (Fsp3) is 0.240. The molecule has 0 bridgehead atoms. The van der Waals surface area contributed by atoms with Crippen LogP contribution in [-0.4, -0.2) is 37.1 Å². The van der Waals surface area contributed by atoms with Crippen LogP contribution in [-0.2, 0) is 10.2 Å². The van der Waals surface area contributed by atoms with Crippen LogP contribution in [0.25, 0.3) is 0 Å². The highest BCUT2D eigenvalue weighted by Gasteiger charge is 2.47. The first-order valence-electron chi connectivity index (χ1n) is 9.76. The smallest absolute Gasteiger partial charge is 0.338 e. The summed E-state index contributed by atoms with van der Waals surface area (Å²) >= 11 is 0. The molecular weight excluding hydrogens is 417 g/mol. The maximum atomic E-state index is 12.9. The number of piperidine rings is 1. The Morgan fingerprint density at radius 2 is 1.30 bits per heavy atom. The van der Waals surface area contributed by atoms with E-state index in [0.29, 0.717) is 12.1 Å². The average Bonchev–Trinajstić information content (AvgIpc) is 2.76. The van der Waals surface area contributed by atoms with E-state index in [9.17, 15) is 4.79 Å². The van der Waals surface area contributed by atoms with Crippen LogP contribution in [0.4, 0.5) is 0 Å². The number of nitrogens with zero attached hydrogens (tertiary/aromatic N) is 1. The molecule has 1 saturated heterocycles. The molecular formula is C25H27Cl2NO2. The topological polar surface area (TPSA) is 29.5 Å². The van der Waals surface area contributed by atoms with Crippen molar-refractivity contribution >= 4 is 30.8 Å². The summed E-state index contributed by atoms with van der Waals surface area (Å²) in [6, 6.07) is 30.2.